The van der Waals surface area contributed by atoms with Crippen molar-refractivity contribution < 1.29 is 6.03 Å². The summed E-state index contributed by atoms with van der Waals surface area (Å²) in [5.74, 6) is 0.572. The summed E-state index contributed by atoms with van der Waals surface area (Å²) in [6, 6.07) is 59.4. The molecule has 0 unspecified atom stereocenters. The Morgan fingerprint density at radius 1 is 0.306 bits per heavy atom. The maximum absolute atomic E-state index is 8.55. The molecule has 4 aliphatic heterocycles. The van der Waals surface area contributed by atoms with Crippen molar-refractivity contribution in [1.82, 2.24) is 4.57 Å². The first-order valence-corrected chi connectivity index (χ1v) is 36.9. The summed E-state index contributed by atoms with van der Waals surface area (Å²) in [7, 11) is 0. The van der Waals surface area contributed by atoms with Gasteiger partial charge in [0.05, 0.1) is 0 Å². The Kier molecular flexibility index (Phi) is 12.2. The number of halogens is 4. The number of hydrogen-bond donors (Lipinski definition) is 0. The molecule has 432 valence electrons. The van der Waals surface area contributed by atoms with Crippen molar-refractivity contribution in [3.63, 3.8) is 0 Å². The quantitative estimate of drug-likeness (QED) is 0.0996. The third kappa shape index (κ3) is 8.03. The molecule has 0 N–H and O–H groups in total. The number of aromatic nitrogens is 1. The van der Waals surface area contributed by atoms with Gasteiger partial charge in [-0.2, -0.15) is 0 Å². The summed E-state index contributed by atoms with van der Waals surface area (Å²) in [4.78, 5) is 7.50. The van der Waals surface area contributed by atoms with Gasteiger partial charge in [-0.15, -0.1) is 0 Å². The van der Waals surface area contributed by atoms with Gasteiger partial charge in [-0.05, 0) is 0 Å². The molecule has 0 fully saturated rings. The van der Waals surface area contributed by atoms with Crippen LogP contribution in [0.15, 0.2) is 158 Å². The average molecular weight is 1310 g/mol. The Hall–Kier alpha value is -6.24. The first kappa shape index (κ1) is 56.6. The normalized spacial score (nSPS) is 16.1. The molecule has 0 amide bonds. The number of para-hydroxylation sites is 2. The van der Waals surface area contributed by atoms with Crippen LogP contribution in [0.4, 0.5) is 51.2 Å². The second kappa shape index (κ2) is 18.4. The fourth-order valence-corrected chi connectivity index (χ4v) is 31.3. The molecule has 0 bridgehead atoms. The SMILES string of the molecule is CC(C)(C)c1ccc(N2c3cc(-n4c5ccccc5c5ccccc54)cc4[c]3[Sb]35([O]c6c(Cl)c(Cl)c(Cl)c(Cl)c6[O]3)[c]3c2cc(C(C)(C)C)cc3N(c2ccc(C(C)(C)C)cc2)c2cc(C(C)(C)C)cc([c]25)N4c2ccc(C(C)(C)C)cc2)cc1. The molecule has 6 nitrogen and oxygen atoms in total. The summed E-state index contributed by atoms with van der Waals surface area (Å²) >= 11 is 23.1. The molecule has 4 aliphatic rings. The Balaban J connectivity index is 1.27. The van der Waals surface area contributed by atoms with Gasteiger partial charge in [0.15, 0.2) is 0 Å². The van der Waals surface area contributed by atoms with E-state index < -0.39 is 18.2 Å². The Morgan fingerprint density at radius 2 is 0.576 bits per heavy atom. The van der Waals surface area contributed by atoms with Crippen molar-refractivity contribution in [2.45, 2.75) is 131 Å². The average Bonchev–Trinajstić information content (AvgIpc) is 1.62. The summed E-state index contributed by atoms with van der Waals surface area (Å²) in [5.41, 5.74) is 16.7. The molecule has 0 radical (unpaired) electrons. The number of nitrogens with zero attached hydrogens (tertiary/aromatic N) is 4. The van der Waals surface area contributed by atoms with Crippen molar-refractivity contribution in [3.05, 3.63) is 206 Å². The predicted molar refractivity (Wildman–Crippen MR) is 364 cm³/mol. The molecule has 9 aromatic carbocycles. The van der Waals surface area contributed by atoms with Crippen LogP contribution in [0.5, 0.6) is 11.5 Å². The van der Waals surface area contributed by atoms with Crippen molar-refractivity contribution in [1.29, 1.82) is 0 Å². The van der Waals surface area contributed by atoms with Crippen molar-refractivity contribution in [3.8, 4) is 17.2 Å². The van der Waals surface area contributed by atoms with Crippen LogP contribution >= 0.6 is 46.4 Å². The van der Waals surface area contributed by atoms with Gasteiger partial charge in [-0.1, -0.05) is 0 Å². The van der Waals surface area contributed by atoms with Crippen molar-refractivity contribution >= 4 is 148 Å². The molecule has 0 atom stereocenters. The molecule has 0 saturated heterocycles. The van der Waals surface area contributed by atoms with E-state index in [1.165, 1.54) is 16.7 Å². The van der Waals surface area contributed by atoms with Gasteiger partial charge < -0.3 is 0 Å². The van der Waals surface area contributed by atoms with E-state index in [1.807, 2.05) is 0 Å². The van der Waals surface area contributed by atoms with Gasteiger partial charge >= 0.3 is 527 Å². The Bertz CT molecular complexity index is 4260. The molecule has 10 aromatic rings. The molecular formula is C74H71Cl4N4O2Sb. The van der Waals surface area contributed by atoms with E-state index in [2.05, 4.69) is 281 Å². The summed E-state index contributed by atoms with van der Waals surface area (Å²) in [6.45, 7) is 34.2. The molecular weight excluding hydrogens is 1240 g/mol. The van der Waals surface area contributed by atoms with E-state index in [-0.39, 0.29) is 58.7 Å². The number of rotatable bonds is 4. The molecule has 0 saturated carbocycles. The third-order valence-electron chi connectivity index (χ3n) is 18.1. The number of fused-ring (bicyclic) bond motifs is 4. The number of benzene rings is 9. The Morgan fingerprint density at radius 3 is 0.859 bits per heavy atom. The van der Waals surface area contributed by atoms with Gasteiger partial charge in [0, 0.05) is 0 Å². The standard InChI is InChI=1S/C68H71N4.C6H2Cl4O2.Sb/c1-64(2,3)45-24-30-50(31-25-45)69-53-36-48(67(10,11)12)38-55(40-53)70(51-32-26-46(27-33-51)65(4,5)6)57-42-58(44-59(43-57)72-62-22-18-16-20-60(62)61-21-17-19-23-63(61)72)71(52-34-28-47(29-35-52)66(7,8)9)56-39-49(68(13,14)15)37-54(69)41-56;7-1-2(8)4(10)6(12)5(11)3(1)9;/h16-39,43-44H,1-15H3;11-12H;/q;;+2/p-2. The van der Waals surface area contributed by atoms with E-state index in [0.717, 1.165) is 100 Å². The van der Waals surface area contributed by atoms with Gasteiger partial charge in [-0.25, -0.2) is 0 Å². The van der Waals surface area contributed by atoms with Crippen LogP contribution in [-0.2, 0) is 27.1 Å². The molecule has 1 spiro atoms. The Labute approximate surface area is 523 Å². The molecule has 1 aromatic heterocycles. The molecule has 85 heavy (non-hydrogen) atoms. The third-order valence-corrected chi connectivity index (χ3v) is 33.8. The second-order valence-corrected chi connectivity index (χ2v) is 40.7. The summed E-state index contributed by atoms with van der Waals surface area (Å²) in [5, 5.41) is 2.83. The fraction of sp³-hybridized carbons (Fsp3) is 0.270. The monoisotopic (exact) mass is 1310 g/mol. The minimum absolute atomic E-state index is 0.0934. The van der Waals surface area contributed by atoms with Crippen LogP contribution in [0.2, 0.25) is 20.1 Å². The van der Waals surface area contributed by atoms with E-state index >= 15 is 0 Å². The van der Waals surface area contributed by atoms with Crippen LogP contribution in [0, 0.1) is 0 Å². The van der Waals surface area contributed by atoms with Crippen LogP contribution < -0.4 is 31.3 Å². The van der Waals surface area contributed by atoms with Crippen LogP contribution in [-0.4, -0.2) is 22.8 Å². The van der Waals surface area contributed by atoms with Gasteiger partial charge in [0.25, 0.3) is 0 Å². The minimum atomic E-state index is -6.63. The summed E-state index contributed by atoms with van der Waals surface area (Å²) in [6.07, 6.45) is 0. The molecule has 14 rings (SSSR count). The van der Waals surface area contributed by atoms with Crippen LogP contribution in [0.1, 0.15) is 132 Å². The van der Waals surface area contributed by atoms with Gasteiger partial charge in [-0.3, -0.25) is 0 Å². The molecule has 0 aliphatic carbocycles. The predicted octanol–water partition coefficient (Wildman–Crippen LogP) is 21.1. The zero-order valence-corrected chi connectivity index (χ0v) is 56.7. The zero-order chi connectivity index (χ0) is 60.2. The van der Waals surface area contributed by atoms with E-state index in [1.54, 1.807) is 0 Å². The first-order chi connectivity index (χ1) is 39.9. The van der Waals surface area contributed by atoms with Gasteiger partial charge in [0.1, 0.15) is 0 Å². The number of hydrogen-bond acceptors (Lipinski definition) is 5. The topological polar surface area (TPSA) is 33.1 Å². The van der Waals surface area contributed by atoms with Crippen LogP contribution in [0.3, 0.4) is 0 Å². The fourth-order valence-electron chi connectivity index (χ4n) is 13.6. The van der Waals surface area contributed by atoms with Crippen LogP contribution in [0.25, 0.3) is 27.5 Å². The van der Waals surface area contributed by atoms with Gasteiger partial charge in [0.2, 0.25) is 0 Å². The maximum atomic E-state index is 8.55. The second-order valence-electron chi connectivity index (χ2n) is 28.9. The molecule has 11 heteroatoms. The van der Waals surface area contributed by atoms with E-state index in [9.17, 15) is 0 Å². The number of anilines is 9. The van der Waals surface area contributed by atoms with Crippen molar-refractivity contribution in [2.75, 3.05) is 14.7 Å². The molecule has 5 heterocycles. The van der Waals surface area contributed by atoms with E-state index in [0.29, 0.717) is 0 Å². The van der Waals surface area contributed by atoms with E-state index in [4.69, 9.17) is 52.4 Å². The first-order valence-electron chi connectivity index (χ1n) is 29.5. The van der Waals surface area contributed by atoms with Crippen molar-refractivity contribution in [2.24, 2.45) is 0 Å². The summed E-state index contributed by atoms with van der Waals surface area (Å²) < 4.78 is 22.4. The zero-order valence-electron chi connectivity index (χ0n) is 51.1.